The lowest BCUT2D eigenvalue weighted by molar-refractivity contribution is -0.138. The van der Waals surface area contributed by atoms with Gasteiger partial charge in [0.2, 0.25) is 0 Å². The third kappa shape index (κ3) is 19.3. The van der Waals surface area contributed by atoms with E-state index in [4.69, 9.17) is 21.7 Å². The Kier molecular flexibility index (Phi) is 11.9. The maximum atomic E-state index is 10.1. The van der Waals surface area contributed by atoms with Crippen molar-refractivity contribution < 1.29 is 19.8 Å². The molecule has 0 saturated carbocycles. The SMILES string of the molecule is CCC(=O)O.NCCCC(N)CC(=O)O. The van der Waals surface area contributed by atoms with Crippen LogP contribution in [0.2, 0.25) is 0 Å². The Bertz CT molecular complexity index is 185. The second-order valence-electron chi connectivity index (χ2n) is 3.04. The van der Waals surface area contributed by atoms with Crippen LogP contribution in [-0.4, -0.2) is 34.7 Å². The van der Waals surface area contributed by atoms with Crippen LogP contribution >= 0.6 is 0 Å². The lowest BCUT2D eigenvalue weighted by Crippen LogP contribution is -2.24. The Morgan fingerprint density at radius 1 is 1.27 bits per heavy atom. The molecule has 0 aromatic rings. The second-order valence-corrected chi connectivity index (χ2v) is 3.04. The van der Waals surface area contributed by atoms with Crippen molar-refractivity contribution >= 4 is 11.9 Å². The van der Waals surface area contributed by atoms with Crippen LogP contribution in [0.1, 0.15) is 32.6 Å². The molecule has 0 saturated heterocycles. The van der Waals surface area contributed by atoms with E-state index in [9.17, 15) is 9.59 Å². The largest absolute Gasteiger partial charge is 0.481 e. The van der Waals surface area contributed by atoms with E-state index in [1.165, 1.54) is 0 Å². The van der Waals surface area contributed by atoms with E-state index in [0.717, 1.165) is 6.42 Å². The first-order chi connectivity index (χ1) is 6.93. The molecule has 0 heterocycles. The summed E-state index contributed by atoms with van der Waals surface area (Å²) in [5.41, 5.74) is 10.6. The van der Waals surface area contributed by atoms with Crippen LogP contribution in [0, 0.1) is 0 Å². The van der Waals surface area contributed by atoms with Crippen molar-refractivity contribution in [1.29, 1.82) is 0 Å². The van der Waals surface area contributed by atoms with E-state index >= 15 is 0 Å². The normalized spacial score (nSPS) is 11.1. The van der Waals surface area contributed by atoms with Gasteiger partial charge in [0.1, 0.15) is 0 Å². The van der Waals surface area contributed by atoms with Crippen LogP contribution in [0.3, 0.4) is 0 Å². The lowest BCUT2D eigenvalue weighted by Gasteiger charge is -2.05. The number of hydrogen-bond donors (Lipinski definition) is 4. The van der Waals surface area contributed by atoms with Crippen LogP contribution in [0.4, 0.5) is 0 Å². The van der Waals surface area contributed by atoms with Crippen LogP contribution in [0.5, 0.6) is 0 Å². The molecule has 0 fully saturated rings. The number of carboxylic acid groups (broad SMARTS) is 2. The van der Waals surface area contributed by atoms with Gasteiger partial charge in [-0.25, -0.2) is 0 Å². The van der Waals surface area contributed by atoms with E-state index < -0.39 is 11.9 Å². The van der Waals surface area contributed by atoms with Gasteiger partial charge in [0.15, 0.2) is 0 Å². The average molecular weight is 220 g/mol. The highest BCUT2D eigenvalue weighted by atomic mass is 16.4. The van der Waals surface area contributed by atoms with Gasteiger partial charge in [0, 0.05) is 12.5 Å². The molecule has 15 heavy (non-hydrogen) atoms. The lowest BCUT2D eigenvalue weighted by atomic mass is 10.1. The molecule has 0 spiro atoms. The summed E-state index contributed by atoms with van der Waals surface area (Å²) in [5, 5.41) is 16.0. The summed E-state index contributed by atoms with van der Waals surface area (Å²) in [5.74, 6) is -1.59. The van der Waals surface area contributed by atoms with Crippen molar-refractivity contribution in [3.05, 3.63) is 0 Å². The number of carbonyl (C=O) groups is 2. The topological polar surface area (TPSA) is 127 Å². The van der Waals surface area contributed by atoms with Gasteiger partial charge in [-0.3, -0.25) is 9.59 Å². The average Bonchev–Trinajstić information content (AvgIpc) is 2.14. The van der Waals surface area contributed by atoms with Gasteiger partial charge < -0.3 is 21.7 Å². The number of hydrogen-bond acceptors (Lipinski definition) is 4. The Labute approximate surface area is 89.3 Å². The molecule has 0 amide bonds. The standard InChI is InChI=1S/C6H14N2O2.C3H6O2/c7-3-1-2-5(8)4-6(9)10;1-2-3(4)5/h5H,1-4,7-8H2,(H,9,10);2H2,1H3,(H,4,5). The van der Waals surface area contributed by atoms with E-state index in [2.05, 4.69) is 0 Å². The molecule has 6 heteroatoms. The summed E-state index contributed by atoms with van der Waals surface area (Å²) in [7, 11) is 0. The molecule has 0 radical (unpaired) electrons. The number of carboxylic acids is 2. The highest BCUT2D eigenvalue weighted by molar-refractivity contribution is 5.67. The number of rotatable bonds is 6. The maximum Gasteiger partial charge on any atom is 0.304 e. The third-order valence-corrected chi connectivity index (χ3v) is 1.52. The van der Waals surface area contributed by atoms with Gasteiger partial charge in [-0.1, -0.05) is 6.92 Å². The van der Waals surface area contributed by atoms with Gasteiger partial charge in [-0.15, -0.1) is 0 Å². The monoisotopic (exact) mass is 220 g/mol. The van der Waals surface area contributed by atoms with E-state index in [0.29, 0.717) is 13.0 Å². The zero-order chi connectivity index (χ0) is 12.3. The van der Waals surface area contributed by atoms with Crippen LogP contribution < -0.4 is 11.5 Å². The summed E-state index contributed by atoms with van der Waals surface area (Å²) in [4.78, 5) is 19.4. The molecule has 1 unspecified atom stereocenters. The first-order valence-corrected chi connectivity index (χ1v) is 4.83. The van der Waals surface area contributed by atoms with Crippen molar-refractivity contribution in [2.75, 3.05) is 6.54 Å². The second kappa shape index (κ2) is 10.9. The molecule has 6 N–H and O–H groups in total. The molecule has 0 aromatic carbocycles. The van der Waals surface area contributed by atoms with Crippen LogP contribution in [0.25, 0.3) is 0 Å². The maximum absolute atomic E-state index is 10.1. The molecule has 90 valence electrons. The summed E-state index contributed by atoms with van der Waals surface area (Å²) < 4.78 is 0. The summed E-state index contributed by atoms with van der Waals surface area (Å²) in [6, 6.07) is -0.235. The first-order valence-electron chi connectivity index (χ1n) is 4.83. The molecule has 0 bridgehead atoms. The number of nitrogens with two attached hydrogens (primary N) is 2. The van der Waals surface area contributed by atoms with E-state index in [1.54, 1.807) is 6.92 Å². The molecule has 0 aliphatic rings. The molecule has 0 rings (SSSR count). The Morgan fingerprint density at radius 2 is 1.73 bits per heavy atom. The van der Waals surface area contributed by atoms with Crippen LogP contribution in [-0.2, 0) is 9.59 Å². The van der Waals surface area contributed by atoms with Gasteiger partial charge >= 0.3 is 11.9 Å². The molecule has 0 aliphatic heterocycles. The minimum atomic E-state index is -0.843. The van der Waals surface area contributed by atoms with Crippen molar-refractivity contribution in [3.63, 3.8) is 0 Å². The van der Waals surface area contributed by atoms with Crippen molar-refractivity contribution in [2.45, 2.75) is 38.6 Å². The Balaban J connectivity index is 0. The van der Waals surface area contributed by atoms with Crippen LogP contribution in [0.15, 0.2) is 0 Å². The Hall–Kier alpha value is -1.14. The summed E-state index contributed by atoms with van der Waals surface area (Å²) in [6.45, 7) is 2.18. The summed E-state index contributed by atoms with van der Waals surface area (Å²) >= 11 is 0. The first kappa shape index (κ1) is 16.3. The molecular formula is C9H20N2O4. The number of aliphatic carboxylic acids is 2. The zero-order valence-corrected chi connectivity index (χ0v) is 8.98. The molecular weight excluding hydrogens is 200 g/mol. The van der Waals surface area contributed by atoms with Crippen molar-refractivity contribution in [1.82, 2.24) is 0 Å². The molecule has 1 atom stereocenters. The third-order valence-electron chi connectivity index (χ3n) is 1.52. The fourth-order valence-corrected chi connectivity index (χ4v) is 0.706. The smallest absolute Gasteiger partial charge is 0.304 e. The predicted octanol–water partition coefficient (Wildman–Crippen LogP) is 0.00830. The zero-order valence-electron chi connectivity index (χ0n) is 8.98. The quantitative estimate of drug-likeness (QED) is 0.499. The van der Waals surface area contributed by atoms with Gasteiger partial charge in [0.25, 0.3) is 0 Å². The van der Waals surface area contributed by atoms with E-state index in [-0.39, 0.29) is 18.9 Å². The highest BCUT2D eigenvalue weighted by Crippen LogP contribution is 1.96. The molecule has 6 nitrogen and oxygen atoms in total. The minimum Gasteiger partial charge on any atom is -0.481 e. The minimum absolute atomic E-state index is 0.0417. The fourth-order valence-electron chi connectivity index (χ4n) is 0.706. The van der Waals surface area contributed by atoms with Crippen molar-refractivity contribution in [3.8, 4) is 0 Å². The van der Waals surface area contributed by atoms with Crippen molar-refractivity contribution in [2.24, 2.45) is 11.5 Å². The highest BCUT2D eigenvalue weighted by Gasteiger charge is 2.05. The molecule has 0 aromatic heterocycles. The van der Waals surface area contributed by atoms with Gasteiger partial charge in [0.05, 0.1) is 6.42 Å². The van der Waals surface area contributed by atoms with E-state index in [1.807, 2.05) is 0 Å². The van der Waals surface area contributed by atoms with Gasteiger partial charge in [-0.2, -0.15) is 0 Å². The summed E-state index contributed by atoms with van der Waals surface area (Å²) in [6.07, 6.45) is 1.76. The molecule has 0 aliphatic carbocycles. The predicted molar refractivity (Wildman–Crippen MR) is 56.4 cm³/mol. The van der Waals surface area contributed by atoms with Gasteiger partial charge in [-0.05, 0) is 19.4 Å². The Morgan fingerprint density at radius 3 is 2.00 bits per heavy atom. The fraction of sp³-hybridized carbons (Fsp3) is 0.778.